The molecule has 3 rings (SSSR count). The van der Waals surface area contributed by atoms with E-state index in [1.165, 1.54) is 28.6 Å². The summed E-state index contributed by atoms with van der Waals surface area (Å²) >= 11 is 7.42. The number of hydrogen-bond acceptors (Lipinski definition) is 5. The van der Waals surface area contributed by atoms with Crippen molar-refractivity contribution in [1.29, 1.82) is 0 Å². The fourth-order valence-corrected chi connectivity index (χ4v) is 2.99. The largest absolute Gasteiger partial charge is 0.486 e. The Balaban J connectivity index is 1.60. The molecule has 0 spiro atoms. The molecule has 5 nitrogen and oxygen atoms in total. The zero-order valence-electron chi connectivity index (χ0n) is 12.5. The normalized spacial score (nSPS) is 10.8. The van der Waals surface area contributed by atoms with Gasteiger partial charge in [0.2, 0.25) is 5.16 Å². The van der Waals surface area contributed by atoms with E-state index in [0.717, 1.165) is 5.56 Å². The highest BCUT2D eigenvalue weighted by molar-refractivity contribution is 7.98. The van der Waals surface area contributed by atoms with Crippen molar-refractivity contribution in [3.63, 3.8) is 0 Å². The molecular weight excluding hydrogens is 351 g/mol. The number of nitrogens with two attached hydrogens (primary N) is 1. The van der Waals surface area contributed by atoms with E-state index in [4.69, 9.17) is 22.2 Å². The fraction of sp³-hybridized carbons (Fsp3) is 0.125. The molecule has 0 saturated heterocycles. The van der Waals surface area contributed by atoms with Gasteiger partial charge in [0.1, 0.15) is 18.2 Å². The first-order valence-corrected chi connectivity index (χ1v) is 8.43. The van der Waals surface area contributed by atoms with E-state index < -0.39 is 0 Å². The van der Waals surface area contributed by atoms with Gasteiger partial charge in [0.25, 0.3) is 0 Å². The van der Waals surface area contributed by atoms with E-state index >= 15 is 0 Å². The minimum Gasteiger partial charge on any atom is -0.486 e. The van der Waals surface area contributed by atoms with Gasteiger partial charge in [0.15, 0.2) is 5.82 Å². The predicted molar refractivity (Wildman–Crippen MR) is 91.9 cm³/mol. The van der Waals surface area contributed by atoms with Crippen LogP contribution in [0.5, 0.6) is 5.75 Å². The lowest BCUT2D eigenvalue weighted by molar-refractivity contribution is 0.291. The van der Waals surface area contributed by atoms with Crippen LogP contribution < -0.4 is 10.6 Å². The van der Waals surface area contributed by atoms with E-state index in [1.54, 1.807) is 12.1 Å². The highest BCUT2D eigenvalue weighted by atomic mass is 35.5. The Morgan fingerprint density at radius 2 is 1.96 bits per heavy atom. The molecule has 2 N–H and O–H groups in total. The van der Waals surface area contributed by atoms with Crippen LogP contribution in [0.4, 0.5) is 4.39 Å². The van der Waals surface area contributed by atoms with E-state index in [1.807, 2.05) is 24.3 Å². The van der Waals surface area contributed by atoms with Crippen LogP contribution in [0.25, 0.3) is 0 Å². The summed E-state index contributed by atoms with van der Waals surface area (Å²) in [5.41, 5.74) is 1.07. The molecule has 0 saturated carbocycles. The molecule has 0 aliphatic rings. The smallest absolute Gasteiger partial charge is 0.210 e. The van der Waals surface area contributed by atoms with Crippen LogP contribution >= 0.6 is 23.4 Å². The molecule has 1 aromatic heterocycles. The number of halogens is 2. The summed E-state index contributed by atoms with van der Waals surface area (Å²) in [6.45, 7) is 0.146. The van der Waals surface area contributed by atoms with E-state index in [2.05, 4.69) is 10.2 Å². The van der Waals surface area contributed by atoms with E-state index in [0.29, 0.717) is 27.5 Å². The van der Waals surface area contributed by atoms with Crippen LogP contribution in [0.3, 0.4) is 0 Å². The van der Waals surface area contributed by atoms with E-state index in [9.17, 15) is 4.39 Å². The van der Waals surface area contributed by atoms with Crippen molar-refractivity contribution in [3.05, 3.63) is 70.8 Å². The van der Waals surface area contributed by atoms with Gasteiger partial charge in [-0.05, 0) is 42.0 Å². The van der Waals surface area contributed by atoms with Crippen molar-refractivity contribution in [3.8, 4) is 5.75 Å². The minimum absolute atomic E-state index is 0.146. The maximum Gasteiger partial charge on any atom is 0.210 e. The lowest BCUT2D eigenvalue weighted by Crippen LogP contribution is -2.15. The van der Waals surface area contributed by atoms with Gasteiger partial charge in [-0.3, -0.25) is 0 Å². The number of nitrogens with zero attached hydrogens (tertiary/aromatic N) is 3. The summed E-state index contributed by atoms with van der Waals surface area (Å²) in [7, 11) is 0. The second-order valence-electron chi connectivity index (χ2n) is 4.93. The minimum atomic E-state index is -0.316. The first kappa shape index (κ1) is 16.6. The van der Waals surface area contributed by atoms with Crippen LogP contribution in [0.15, 0.2) is 53.7 Å². The lowest BCUT2D eigenvalue weighted by Gasteiger charge is -2.06. The Morgan fingerprint density at radius 3 is 2.71 bits per heavy atom. The molecule has 0 aliphatic heterocycles. The van der Waals surface area contributed by atoms with Gasteiger partial charge in [-0.25, -0.2) is 9.07 Å². The second-order valence-corrected chi connectivity index (χ2v) is 6.31. The molecule has 24 heavy (non-hydrogen) atoms. The number of aromatic nitrogens is 3. The molecule has 0 unspecified atom stereocenters. The molecule has 0 radical (unpaired) electrons. The quantitative estimate of drug-likeness (QED) is 0.534. The number of benzene rings is 2. The Morgan fingerprint density at radius 1 is 1.17 bits per heavy atom. The van der Waals surface area contributed by atoms with E-state index in [-0.39, 0.29) is 12.4 Å². The van der Waals surface area contributed by atoms with Gasteiger partial charge in [0, 0.05) is 10.8 Å². The van der Waals surface area contributed by atoms with Crippen molar-refractivity contribution < 1.29 is 9.13 Å². The SMILES string of the molecule is Nn1c(COc2ccc(F)cc2)nnc1SCc1cccc(Cl)c1. The molecular formula is C16H14ClFN4OS. The zero-order valence-corrected chi connectivity index (χ0v) is 14.1. The number of hydrogen-bond donors (Lipinski definition) is 1. The number of ether oxygens (including phenoxy) is 1. The van der Waals surface area contributed by atoms with Crippen molar-refractivity contribution in [2.45, 2.75) is 17.5 Å². The van der Waals surface area contributed by atoms with Crippen molar-refractivity contribution in [1.82, 2.24) is 14.9 Å². The first-order chi connectivity index (χ1) is 11.6. The van der Waals surface area contributed by atoms with Crippen LogP contribution in [-0.4, -0.2) is 14.9 Å². The fourth-order valence-electron chi connectivity index (χ4n) is 1.96. The van der Waals surface area contributed by atoms with Crippen LogP contribution in [0, 0.1) is 5.82 Å². The van der Waals surface area contributed by atoms with Gasteiger partial charge in [0.05, 0.1) is 0 Å². The third kappa shape index (κ3) is 4.18. The third-order valence-electron chi connectivity index (χ3n) is 3.17. The maximum absolute atomic E-state index is 12.9. The predicted octanol–water partition coefficient (Wildman–Crippen LogP) is 3.66. The highest BCUT2D eigenvalue weighted by Crippen LogP contribution is 2.22. The highest BCUT2D eigenvalue weighted by Gasteiger charge is 2.11. The molecule has 0 atom stereocenters. The molecule has 0 bridgehead atoms. The van der Waals surface area contributed by atoms with Crippen molar-refractivity contribution >= 4 is 23.4 Å². The summed E-state index contributed by atoms with van der Waals surface area (Å²) in [6.07, 6.45) is 0. The summed E-state index contributed by atoms with van der Waals surface area (Å²) in [5.74, 6) is 7.36. The Kier molecular flexibility index (Phi) is 5.22. The van der Waals surface area contributed by atoms with Crippen LogP contribution in [0.2, 0.25) is 5.02 Å². The molecule has 0 aliphatic carbocycles. The number of thioether (sulfide) groups is 1. The number of nitrogen functional groups attached to an aromatic ring is 1. The summed E-state index contributed by atoms with van der Waals surface area (Å²) in [6, 6.07) is 13.3. The van der Waals surface area contributed by atoms with Gasteiger partial charge in [-0.1, -0.05) is 35.5 Å². The molecule has 1 heterocycles. The Hall–Kier alpha value is -2.25. The third-order valence-corrected chi connectivity index (χ3v) is 4.42. The Labute approximate surface area is 147 Å². The summed E-state index contributed by atoms with van der Waals surface area (Å²) in [4.78, 5) is 0. The van der Waals surface area contributed by atoms with Crippen molar-refractivity contribution in [2.24, 2.45) is 0 Å². The standard InChI is InChI=1S/C16H14ClFN4OS/c17-12-3-1-2-11(8-12)10-24-16-21-20-15(22(16)19)9-23-14-6-4-13(18)5-7-14/h1-8H,9-10,19H2. The lowest BCUT2D eigenvalue weighted by atomic mass is 10.2. The van der Waals surface area contributed by atoms with Gasteiger partial charge in [-0.15, -0.1) is 10.2 Å². The summed E-state index contributed by atoms with van der Waals surface area (Å²) < 4.78 is 19.8. The topological polar surface area (TPSA) is 66.0 Å². The average Bonchev–Trinajstić information content (AvgIpc) is 2.93. The van der Waals surface area contributed by atoms with Gasteiger partial charge < -0.3 is 10.6 Å². The first-order valence-electron chi connectivity index (χ1n) is 7.07. The summed E-state index contributed by atoms with van der Waals surface area (Å²) in [5, 5.41) is 9.34. The number of rotatable bonds is 6. The van der Waals surface area contributed by atoms with Gasteiger partial charge >= 0.3 is 0 Å². The van der Waals surface area contributed by atoms with Crippen LogP contribution in [-0.2, 0) is 12.4 Å². The molecule has 8 heteroatoms. The monoisotopic (exact) mass is 364 g/mol. The maximum atomic E-state index is 12.9. The van der Waals surface area contributed by atoms with Crippen molar-refractivity contribution in [2.75, 3.05) is 5.84 Å². The molecule has 124 valence electrons. The molecule has 0 fully saturated rings. The molecule has 3 aromatic rings. The molecule has 0 amide bonds. The Bertz CT molecular complexity index is 825. The average molecular weight is 365 g/mol. The second kappa shape index (κ2) is 7.55. The van der Waals surface area contributed by atoms with Gasteiger partial charge in [-0.2, -0.15) is 0 Å². The zero-order chi connectivity index (χ0) is 16.9. The van der Waals surface area contributed by atoms with Crippen LogP contribution in [0.1, 0.15) is 11.4 Å². The molecule has 2 aromatic carbocycles.